The molecule has 0 amide bonds. The Balaban J connectivity index is 2.77. The van der Waals surface area contributed by atoms with Crippen LogP contribution in [0.3, 0.4) is 0 Å². The maximum absolute atomic E-state index is 11.2. The lowest BCUT2D eigenvalue weighted by Gasteiger charge is -1.94. The van der Waals surface area contributed by atoms with Crippen LogP contribution in [0, 0.1) is 6.92 Å². The molecule has 0 atom stereocenters. The second-order valence-electron chi connectivity index (χ2n) is 3.24. The maximum Gasteiger partial charge on any atom is 0.227 e. The molecule has 1 N–H and O–H groups in total. The van der Waals surface area contributed by atoms with Gasteiger partial charge in [-0.1, -0.05) is 11.6 Å². The van der Waals surface area contributed by atoms with E-state index in [9.17, 15) is 8.42 Å². The number of sulfone groups is 1. The van der Waals surface area contributed by atoms with E-state index < -0.39 is 9.84 Å². The number of pyridine rings is 1. The van der Waals surface area contributed by atoms with Gasteiger partial charge in [0, 0.05) is 6.26 Å². The SMILES string of the molecule is Cc1nc2nc(S(C)(=O)=O)[nH]c2cc1Cl. The van der Waals surface area contributed by atoms with Crippen LogP contribution in [-0.2, 0) is 9.84 Å². The van der Waals surface area contributed by atoms with E-state index in [1.807, 2.05) is 0 Å². The van der Waals surface area contributed by atoms with Gasteiger partial charge >= 0.3 is 0 Å². The molecule has 2 aromatic rings. The van der Waals surface area contributed by atoms with Crippen LogP contribution in [0.15, 0.2) is 11.2 Å². The number of aromatic nitrogens is 3. The Morgan fingerprint density at radius 1 is 1.40 bits per heavy atom. The molecule has 5 nitrogen and oxygen atoms in total. The number of halogens is 1. The van der Waals surface area contributed by atoms with E-state index in [0.29, 0.717) is 21.9 Å². The Morgan fingerprint density at radius 3 is 2.67 bits per heavy atom. The van der Waals surface area contributed by atoms with Crippen LogP contribution < -0.4 is 0 Å². The van der Waals surface area contributed by atoms with Crippen LogP contribution in [0.5, 0.6) is 0 Å². The summed E-state index contributed by atoms with van der Waals surface area (Å²) in [6, 6.07) is 1.61. The van der Waals surface area contributed by atoms with Crippen LogP contribution in [0.1, 0.15) is 5.69 Å². The molecule has 7 heteroatoms. The Kier molecular flexibility index (Phi) is 2.20. The van der Waals surface area contributed by atoms with Gasteiger partial charge in [0.05, 0.1) is 16.2 Å². The highest BCUT2D eigenvalue weighted by atomic mass is 35.5. The average Bonchev–Trinajstić information content (AvgIpc) is 2.47. The fraction of sp³-hybridized carbons (Fsp3) is 0.250. The second kappa shape index (κ2) is 3.18. The predicted octanol–water partition coefficient (Wildman–Crippen LogP) is 1.32. The summed E-state index contributed by atoms with van der Waals surface area (Å²) in [6.07, 6.45) is 1.08. The third-order valence-corrected chi connectivity index (χ3v) is 3.21. The lowest BCUT2D eigenvalue weighted by Crippen LogP contribution is -1.98. The first-order chi connectivity index (χ1) is 6.88. The van der Waals surface area contributed by atoms with E-state index in [1.165, 1.54) is 0 Å². The number of nitrogens with one attached hydrogen (secondary N) is 1. The molecule has 2 rings (SSSR count). The van der Waals surface area contributed by atoms with Crippen LogP contribution >= 0.6 is 11.6 Å². The number of rotatable bonds is 1. The number of fused-ring (bicyclic) bond motifs is 1. The molecule has 2 aromatic heterocycles. The van der Waals surface area contributed by atoms with Gasteiger partial charge < -0.3 is 4.98 Å². The first-order valence-electron chi connectivity index (χ1n) is 4.11. The van der Waals surface area contributed by atoms with Crippen molar-refractivity contribution in [3.05, 3.63) is 16.8 Å². The topological polar surface area (TPSA) is 75.7 Å². The van der Waals surface area contributed by atoms with Crippen molar-refractivity contribution in [1.82, 2.24) is 15.0 Å². The van der Waals surface area contributed by atoms with E-state index in [1.54, 1.807) is 13.0 Å². The fourth-order valence-electron chi connectivity index (χ4n) is 1.16. The van der Waals surface area contributed by atoms with Gasteiger partial charge in [-0.05, 0) is 13.0 Å². The summed E-state index contributed by atoms with van der Waals surface area (Å²) in [5, 5.41) is 0.387. The summed E-state index contributed by atoms with van der Waals surface area (Å²) in [5.41, 5.74) is 1.50. The summed E-state index contributed by atoms with van der Waals surface area (Å²) >= 11 is 5.85. The minimum Gasteiger partial charge on any atom is -0.327 e. The minimum absolute atomic E-state index is 0.0910. The van der Waals surface area contributed by atoms with Crippen molar-refractivity contribution >= 4 is 32.6 Å². The molecule has 0 aliphatic carbocycles. The standard InChI is InChI=1S/C8H8ClN3O2S/c1-4-5(9)3-6-7(10-4)12-8(11-6)15(2,13)14/h3H,1-2H3,(H,10,11,12). The molecule has 2 heterocycles. The molecule has 0 spiro atoms. The monoisotopic (exact) mass is 245 g/mol. The first-order valence-corrected chi connectivity index (χ1v) is 6.38. The highest BCUT2D eigenvalue weighted by Gasteiger charge is 2.14. The zero-order valence-corrected chi connectivity index (χ0v) is 9.65. The number of aromatic amines is 1. The molecule has 0 aromatic carbocycles. The lowest BCUT2D eigenvalue weighted by atomic mass is 10.3. The fourth-order valence-corrected chi connectivity index (χ4v) is 1.86. The molecular weight excluding hydrogens is 238 g/mol. The van der Waals surface area contributed by atoms with Crippen molar-refractivity contribution in [3.63, 3.8) is 0 Å². The molecule has 0 bridgehead atoms. The molecule has 0 fully saturated rings. The maximum atomic E-state index is 11.2. The number of nitrogens with zero attached hydrogens (tertiary/aromatic N) is 2. The predicted molar refractivity (Wildman–Crippen MR) is 56.7 cm³/mol. The largest absolute Gasteiger partial charge is 0.327 e. The lowest BCUT2D eigenvalue weighted by molar-refractivity contribution is 0.595. The Hall–Kier alpha value is -1.14. The quantitative estimate of drug-likeness (QED) is 0.822. The second-order valence-corrected chi connectivity index (χ2v) is 5.58. The van der Waals surface area contributed by atoms with E-state index in [4.69, 9.17) is 11.6 Å². The van der Waals surface area contributed by atoms with E-state index in [-0.39, 0.29) is 5.16 Å². The summed E-state index contributed by atoms with van der Waals surface area (Å²) in [6.45, 7) is 1.73. The molecule has 80 valence electrons. The van der Waals surface area contributed by atoms with Crippen molar-refractivity contribution in [2.45, 2.75) is 12.1 Å². The average molecular weight is 246 g/mol. The molecule has 15 heavy (non-hydrogen) atoms. The number of imidazole rings is 1. The van der Waals surface area contributed by atoms with Gasteiger partial charge in [0.2, 0.25) is 15.0 Å². The Labute approximate surface area is 91.4 Å². The first kappa shape index (κ1) is 10.4. The third kappa shape index (κ3) is 1.82. The summed E-state index contributed by atoms with van der Waals surface area (Å²) < 4.78 is 22.4. The van der Waals surface area contributed by atoms with Crippen LogP contribution in [-0.4, -0.2) is 29.6 Å². The smallest absolute Gasteiger partial charge is 0.227 e. The van der Waals surface area contributed by atoms with Crippen LogP contribution in [0.4, 0.5) is 0 Å². The molecule has 0 unspecified atom stereocenters. The van der Waals surface area contributed by atoms with Crippen molar-refractivity contribution in [2.24, 2.45) is 0 Å². The van der Waals surface area contributed by atoms with Crippen molar-refractivity contribution < 1.29 is 8.42 Å². The summed E-state index contributed by atoms with van der Waals surface area (Å²) in [7, 11) is -3.34. The van der Waals surface area contributed by atoms with E-state index >= 15 is 0 Å². The highest BCUT2D eigenvalue weighted by Crippen LogP contribution is 2.19. The zero-order valence-electron chi connectivity index (χ0n) is 8.07. The molecular formula is C8H8ClN3O2S. The molecule has 0 aliphatic rings. The third-order valence-electron chi connectivity index (χ3n) is 1.93. The minimum atomic E-state index is -3.34. The molecule has 0 radical (unpaired) electrons. The Bertz CT molecular complexity index is 594. The zero-order chi connectivity index (χ0) is 11.2. The molecule has 0 aliphatic heterocycles. The number of H-pyrrole nitrogens is 1. The van der Waals surface area contributed by atoms with Gasteiger partial charge in [-0.2, -0.15) is 4.98 Å². The van der Waals surface area contributed by atoms with Crippen LogP contribution in [0.25, 0.3) is 11.2 Å². The van der Waals surface area contributed by atoms with Gasteiger partial charge in [-0.25, -0.2) is 13.4 Å². The van der Waals surface area contributed by atoms with Crippen molar-refractivity contribution in [1.29, 1.82) is 0 Å². The van der Waals surface area contributed by atoms with Crippen molar-refractivity contribution in [2.75, 3.05) is 6.26 Å². The number of aryl methyl sites for hydroxylation is 1. The van der Waals surface area contributed by atoms with Gasteiger partial charge in [-0.3, -0.25) is 0 Å². The van der Waals surface area contributed by atoms with Gasteiger partial charge in [0.15, 0.2) is 5.65 Å². The number of hydrogen-bond acceptors (Lipinski definition) is 4. The van der Waals surface area contributed by atoms with Crippen molar-refractivity contribution in [3.8, 4) is 0 Å². The van der Waals surface area contributed by atoms with Crippen LogP contribution in [0.2, 0.25) is 5.02 Å². The highest BCUT2D eigenvalue weighted by molar-refractivity contribution is 7.90. The normalized spacial score (nSPS) is 12.2. The molecule has 0 saturated carbocycles. The van der Waals surface area contributed by atoms with E-state index in [2.05, 4.69) is 15.0 Å². The van der Waals surface area contributed by atoms with Gasteiger partial charge in [0.1, 0.15) is 0 Å². The van der Waals surface area contributed by atoms with Gasteiger partial charge in [0.25, 0.3) is 0 Å². The molecule has 0 saturated heterocycles. The summed E-state index contributed by atoms with van der Waals surface area (Å²) in [4.78, 5) is 10.6. The van der Waals surface area contributed by atoms with E-state index in [0.717, 1.165) is 6.26 Å². The van der Waals surface area contributed by atoms with Gasteiger partial charge in [-0.15, -0.1) is 0 Å². The summed E-state index contributed by atoms with van der Waals surface area (Å²) in [5.74, 6) is 0. The number of hydrogen-bond donors (Lipinski definition) is 1. The Morgan fingerprint density at radius 2 is 2.07 bits per heavy atom.